The Balaban J connectivity index is 2.78. The van der Waals surface area contributed by atoms with E-state index in [-0.39, 0.29) is 0 Å². The highest BCUT2D eigenvalue weighted by atomic mass is 127. The second-order valence-corrected chi connectivity index (χ2v) is 4.40. The summed E-state index contributed by atoms with van der Waals surface area (Å²) in [6.07, 6.45) is 5.57. The van der Waals surface area contributed by atoms with Gasteiger partial charge in [-0.3, -0.25) is 0 Å². The first-order chi connectivity index (χ1) is 6.20. The second-order valence-electron chi connectivity index (χ2n) is 3.24. The van der Waals surface area contributed by atoms with Crippen LogP contribution in [-0.2, 0) is 0 Å². The van der Waals surface area contributed by atoms with Crippen LogP contribution in [0.2, 0.25) is 0 Å². The summed E-state index contributed by atoms with van der Waals surface area (Å²) in [6.45, 7) is 4.30. The van der Waals surface area contributed by atoms with Gasteiger partial charge < -0.3 is 4.57 Å². The van der Waals surface area contributed by atoms with Crippen LogP contribution in [0.1, 0.15) is 19.9 Å². The van der Waals surface area contributed by atoms with Crippen molar-refractivity contribution in [3.63, 3.8) is 0 Å². The van der Waals surface area contributed by atoms with Crippen molar-refractivity contribution in [1.29, 1.82) is 0 Å². The molecule has 0 N–H and O–H groups in total. The van der Waals surface area contributed by atoms with E-state index in [1.54, 1.807) is 6.33 Å². The standard InChI is InChI=1S/C9H10IN3/c1-6(2)13-4-8(10)7-3-11-5-12-9(7)13/h3-6H,1-2H3. The molecule has 0 spiro atoms. The molecular formula is C9H10IN3. The molecule has 0 aromatic carbocycles. The number of rotatable bonds is 1. The molecule has 3 nitrogen and oxygen atoms in total. The van der Waals surface area contributed by atoms with Crippen LogP contribution in [-0.4, -0.2) is 14.5 Å². The lowest BCUT2D eigenvalue weighted by atomic mass is 10.4. The van der Waals surface area contributed by atoms with Gasteiger partial charge in [-0.2, -0.15) is 0 Å². The normalized spacial score (nSPS) is 11.4. The van der Waals surface area contributed by atoms with E-state index in [1.807, 2.05) is 6.20 Å². The van der Waals surface area contributed by atoms with E-state index >= 15 is 0 Å². The number of aromatic nitrogens is 3. The Morgan fingerprint density at radius 3 is 2.92 bits per heavy atom. The summed E-state index contributed by atoms with van der Waals surface area (Å²) in [4.78, 5) is 8.29. The molecule has 0 aliphatic carbocycles. The van der Waals surface area contributed by atoms with Crippen LogP contribution in [0.15, 0.2) is 18.7 Å². The molecular weight excluding hydrogens is 277 g/mol. The van der Waals surface area contributed by atoms with E-state index in [9.17, 15) is 0 Å². The van der Waals surface area contributed by atoms with Gasteiger partial charge in [-0.25, -0.2) is 9.97 Å². The predicted octanol–water partition coefficient (Wildman–Crippen LogP) is 2.62. The fourth-order valence-corrected chi connectivity index (χ4v) is 2.02. The number of fused-ring (bicyclic) bond motifs is 1. The third-order valence-corrected chi connectivity index (χ3v) is 2.86. The second kappa shape index (κ2) is 3.25. The van der Waals surface area contributed by atoms with E-state index in [0.717, 1.165) is 11.0 Å². The number of halogens is 1. The van der Waals surface area contributed by atoms with Crippen molar-refractivity contribution >= 4 is 33.6 Å². The zero-order valence-electron chi connectivity index (χ0n) is 7.53. The Bertz CT molecular complexity index is 433. The van der Waals surface area contributed by atoms with E-state index in [1.165, 1.54) is 3.57 Å². The molecule has 68 valence electrons. The summed E-state index contributed by atoms with van der Waals surface area (Å²) in [7, 11) is 0. The van der Waals surface area contributed by atoms with E-state index in [4.69, 9.17) is 0 Å². The molecule has 0 saturated heterocycles. The Hall–Kier alpha value is -0.650. The molecule has 0 amide bonds. The summed E-state index contributed by atoms with van der Waals surface area (Å²) in [5, 5.41) is 1.14. The summed E-state index contributed by atoms with van der Waals surface area (Å²) < 4.78 is 3.38. The Morgan fingerprint density at radius 2 is 2.23 bits per heavy atom. The smallest absolute Gasteiger partial charge is 0.144 e. The fraction of sp³-hybridized carbons (Fsp3) is 0.333. The van der Waals surface area contributed by atoms with Gasteiger partial charge in [-0.1, -0.05) is 0 Å². The van der Waals surface area contributed by atoms with Crippen LogP contribution in [0.3, 0.4) is 0 Å². The SMILES string of the molecule is CC(C)n1cc(I)c2cncnc21. The maximum atomic E-state index is 4.27. The van der Waals surface area contributed by atoms with Crippen LogP contribution in [0.25, 0.3) is 11.0 Å². The van der Waals surface area contributed by atoms with Crippen molar-refractivity contribution in [2.24, 2.45) is 0 Å². The zero-order chi connectivity index (χ0) is 9.42. The highest BCUT2D eigenvalue weighted by Gasteiger charge is 2.08. The van der Waals surface area contributed by atoms with Crippen molar-refractivity contribution in [3.05, 3.63) is 22.3 Å². The van der Waals surface area contributed by atoms with Crippen LogP contribution in [0, 0.1) is 3.57 Å². The van der Waals surface area contributed by atoms with Crippen molar-refractivity contribution < 1.29 is 0 Å². The first-order valence-electron chi connectivity index (χ1n) is 4.16. The van der Waals surface area contributed by atoms with Crippen molar-refractivity contribution in [3.8, 4) is 0 Å². The molecule has 2 heterocycles. The summed E-state index contributed by atoms with van der Waals surface area (Å²) in [5.41, 5.74) is 1.02. The monoisotopic (exact) mass is 287 g/mol. The molecule has 0 bridgehead atoms. The molecule has 0 atom stereocenters. The summed E-state index contributed by atoms with van der Waals surface area (Å²) in [6, 6.07) is 0.445. The number of hydrogen-bond acceptors (Lipinski definition) is 2. The fourth-order valence-electron chi connectivity index (χ4n) is 1.34. The highest BCUT2D eigenvalue weighted by molar-refractivity contribution is 14.1. The average Bonchev–Trinajstić information content (AvgIpc) is 2.45. The molecule has 0 fully saturated rings. The number of nitrogens with zero attached hydrogens (tertiary/aromatic N) is 3. The molecule has 0 saturated carbocycles. The minimum atomic E-state index is 0.445. The molecule has 4 heteroatoms. The first kappa shape index (κ1) is 8.93. The lowest BCUT2D eigenvalue weighted by molar-refractivity contribution is 0.617. The molecule has 2 aromatic rings. The van der Waals surface area contributed by atoms with E-state index < -0.39 is 0 Å². The average molecular weight is 287 g/mol. The van der Waals surface area contributed by atoms with Gasteiger partial charge in [-0.15, -0.1) is 0 Å². The van der Waals surface area contributed by atoms with Gasteiger partial charge in [0, 0.05) is 22.0 Å². The third-order valence-electron chi connectivity index (χ3n) is 2.00. The third kappa shape index (κ3) is 1.43. The summed E-state index contributed by atoms with van der Waals surface area (Å²) in [5.74, 6) is 0. The van der Waals surface area contributed by atoms with E-state index in [2.05, 4.69) is 57.2 Å². The molecule has 2 rings (SSSR count). The van der Waals surface area contributed by atoms with Crippen LogP contribution in [0.4, 0.5) is 0 Å². The highest BCUT2D eigenvalue weighted by Crippen LogP contribution is 2.22. The van der Waals surface area contributed by atoms with E-state index in [0.29, 0.717) is 6.04 Å². The maximum Gasteiger partial charge on any atom is 0.144 e. The predicted molar refractivity (Wildman–Crippen MR) is 60.6 cm³/mol. The molecule has 2 aromatic heterocycles. The molecule has 0 unspecified atom stereocenters. The lowest BCUT2D eigenvalue weighted by Gasteiger charge is -2.06. The Kier molecular flexibility index (Phi) is 2.23. The van der Waals surface area contributed by atoms with Crippen LogP contribution >= 0.6 is 22.6 Å². The molecule has 0 aliphatic heterocycles. The minimum absolute atomic E-state index is 0.445. The topological polar surface area (TPSA) is 30.7 Å². The molecule has 0 radical (unpaired) electrons. The van der Waals surface area contributed by atoms with Gasteiger partial charge in [0.15, 0.2) is 0 Å². The Labute approximate surface area is 90.3 Å². The minimum Gasteiger partial charge on any atom is -0.329 e. The van der Waals surface area contributed by atoms with Gasteiger partial charge in [0.1, 0.15) is 12.0 Å². The zero-order valence-corrected chi connectivity index (χ0v) is 9.69. The van der Waals surface area contributed by atoms with Gasteiger partial charge in [0.25, 0.3) is 0 Å². The van der Waals surface area contributed by atoms with Gasteiger partial charge in [0.05, 0.1) is 5.39 Å². The van der Waals surface area contributed by atoms with Crippen molar-refractivity contribution in [1.82, 2.24) is 14.5 Å². The van der Waals surface area contributed by atoms with Crippen LogP contribution < -0.4 is 0 Å². The van der Waals surface area contributed by atoms with Gasteiger partial charge >= 0.3 is 0 Å². The summed E-state index contributed by atoms with van der Waals surface area (Å²) >= 11 is 2.31. The Morgan fingerprint density at radius 1 is 1.46 bits per heavy atom. The maximum absolute atomic E-state index is 4.27. The first-order valence-corrected chi connectivity index (χ1v) is 5.24. The van der Waals surface area contributed by atoms with Crippen molar-refractivity contribution in [2.45, 2.75) is 19.9 Å². The number of hydrogen-bond donors (Lipinski definition) is 0. The molecule has 0 aliphatic rings. The quantitative estimate of drug-likeness (QED) is 0.755. The van der Waals surface area contributed by atoms with Crippen molar-refractivity contribution in [2.75, 3.05) is 0 Å². The van der Waals surface area contributed by atoms with Gasteiger partial charge in [-0.05, 0) is 36.4 Å². The lowest BCUT2D eigenvalue weighted by Crippen LogP contribution is -1.99. The van der Waals surface area contributed by atoms with Crippen LogP contribution in [0.5, 0.6) is 0 Å². The molecule has 13 heavy (non-hydrogen) atoms. The van der Waals surface area contributed by atoms with Gasteiger partial charge in [0.2, 0.25) is 0 Å². The largest absolute Gasteiger partial charge is 0.329 e.